The summed E-state index contributed by atoms with van der Waals surface area (Å²) in [5.41, 5.74) is 3.95. The van der Waals surface area contributed by atoms with Gasteiger partial charge in [-0.25, -0.2) is 8.42 Å². The molecule has 3 aromatic carbocycles. The Morgan fingerprint density at radius 3 is 2.15 bits per heavy atom. The maximum atomic E-state index is 14.5. The number of carbonyl (C=O) groups excluding carboxylic acids is 2. The fourth-order valence-electron chi connectivity index (χ4n) is 6.20. The summed E-state index contributed by atoms with van der Waals surface area (Å²) in [6.07, 6.45) is 5.49. The van der Waals surface area contributed by atoms with E-state index in [1.807, 2.05) is 58.0 Å². The van der Waals surface area contributed by atoms with Gasteiger partial charge < -0.3 is 19.7 Å². The van der Waals surface area contributed by atoms with Crippen LogP contribution >= 0.6 is 0 Å². The van der Waals surface area contributed by atoms with Crippen LogP contribution in [-0.4, -0.2) is 58.0 Å². The highest BCUT2D eigenvalue weighted by Gasteiger charge is 2.35. The zero-order valence-electron chi connectivity index (χ0n) is 27.8. The topological polar surface area (TPSA) is 105 Å². The van der Waals surface area contributed by atoms with Crippen molar-refractivity contribution in [2.45, 2.75) is 89.7 Å². The summed E-state index contributed by atoms with van der Waals surface area (Å²) in [5.74, 6) is -0.0530. The van der Waals surface area contributed by atoms with Crippen LogP contribution in [0, 0.1) is 20.8 Å². The second-order valence-corrected chi connectivity index (χ2v) is 14.0. The van der Waals surface area contributed by atoms with Crippen LogP contribution in [0.15, 0.2) is 65.6 Å². The average Bonchev–Trinajstić information content (AvgIpc) is 3.03. The van der Waals surface area contributed by atoms with Gasteiger partial charge >= 0.3 is 0 Å². The lowest BCUT2D eigenvalue weighted by Gasteiger charge is -2.34. The fourth-order valence-corrected chi connectivity index (χ4v) is 7.61. The molecule has 0 unspecified atom stereocenters. The van der Waals surface area contributed by atoms with Crippen molar-refractivity contribution in [3.05, 3.63) is 82.9 Å². The summed E-state index contributed by atoms with van der Waals surface area (Å²) in [7, 11) is -1.37. The monoisotopic (exact) mass is 649 g/mol. The molecule has 0 radical (unpaired) electrons. The number of ether oxygens (including phenoxy) is 2. The number of anilines is 1. The smallest absolute Gasteiger partial charge is 0.264 e. The van der Waals surface area contributed by atoms with Crippen molar-refractivity contribution in [2.75, 3.05) is 25.1 Å². The summed E-state index contributed by atoms with van der Waals surface area (Å²) in [6, 6.07) is 16.9. The normalized spacial score (nSPS) is 14.3. The van der Waals surface area contributed by atoms with Crippen LogP contribution in [0.5, 0.6) is 11.5 Å². The minimum absolute atomic E-state index is 0.0515. The van der Waals surface area contributed by atoms with Crippen LogP contribution < -0.4 is 19.1 Å². The van der Waals surface area contributed by atoms with E-state index in [2.05, 4.69) is 5.32 Å². The molecule has 4 rings (SSSR count). The highest BCUT2D eigenvalue weighted by molar-refractivity contribution is 7.92. The first-order chi connectivity index (χ1) is 22.0. The number of carbonyl (C=O) groups is 2. The van der Waals surface area contributed by atoms with Gasteiger partial charge in [0.25, 0.3) is 10.0 Å². The van der Waals surface area contributed by atoms with Crippen LogP contribution in [0.3, 0.4) is 0 Å². The van der Waals surface area contributed by atoms with Gasteiger partial charge in [0.15, 0.2) is 11.5 Å². The van der Waals surface area contributed by atoms with Crippen LogP contribution in [-0.2, 0) is 26.2 Å². The zero-order valence-corrected chi connectivity index (χ0v) is 28.7. The van der Waals surface area contributed by atoms with E-state index in [1.165, 1.54) is 37.3 Å². The van der Waals surface area contributed by atoms with E-state index in [0.29, 0.717) is 17.9 Å². The van der Waals surface area contributed by atoms with Crippen LogP contribution in [0.2, 0.25) is 0 Å². The van der Waals surface area contributed by atoms with Crippen LogP contribution in [0.1, 0.15) is 67.7 Å². The van der Waals surface area contributed by atoms with Gasteiger partial charge in [0.2, 0.25) is 11.8 Å². The molecule has 0 spiro atoms. The summed E-state index contributed by atoms with van der Waals surface area (Å²) in [6.45, 7) is 7.27. The predicted octanol–water partition coefficient (Wildman–Crippen LogP) is 6.08. The second kappa shape index (κ2) is 15.5. The van der Waals surface area contributed by atoms with E-state index in [0.717, 1.165) is 58.7 Å². The van der Waals surface area contributed by atoms with E-state index < -0.39 is 28.5 Å². The van der Waals surface area contributed by atoms with Gasteiger partial charge in [-0.05, 0) is 81.0 Å². The van der Waals surface area contributed by atoms with Gasteiger partial charge in [0.05, 0.1) is 24.8 Å². The molecule has 1 N–H and O–H groups in total. The Labute approximate surface area is 273 Å². The lowest BCUT2D eigenvalue weighted by molar-refractivity contribution is -0.140. The molecular formula is C36H47N3O6S. The summed E-state index contributed by atoms with van der Waals surface area (Å²) >= 11 is 0. The molecule has 1 aliphatic carbocycles. The largest absolute Gasteiger partial charge is 0.493 e. The maximum absolute atomic E-state index is 14.5. The first-order valence-corrected chi connectivity index (χ1v) is 17.4. The molecule has 3 aromatic rings. The van der Waals surface area contributed by atoms with Gasteiger partial charge in [-0.1, -0.05) is 62.1 Å². The molecule has 248 valence electrons. The summed E-state index contributed by atoms with van der Waals surface area (Å²) < 4.78 is 40.7. The molecule has 1 saturated carbocycles. The Morgan fingerprint density at radius 1 is 0.870 bits per heavy atom. The molecule has 0 aliphatic heterocycles. The van der Waals surface area contributed by atoms with Gasteiger partial charge in [-0.3, -0.25) is 13.9 Å². The van der Waals surface area contributed by atoms with Gasteiger partial charge in [0.1, 0.15) is 12.6 Å². The third kappa shape index (κ3) is 8.40. The summed E-state index contributed by atoms with van der Waals surface area (Å²) in [4.78, 5) is 29.7. The Morgan fingerprint density at radius 2 is 1.54 bits per heavy atom. The third-order valence-electron chi connectivity index (χ3n) is 8.49. The highest BCUT2D eigenvalue weighted by atomic mass is 32.2. The maximum Gasteiger partial charge on any atom is 0.264 e. The molecule has 1 atom stereocenters. The Kier molecular flexibility index (Phi) is 11.7. The van der Waals surface area contributed by atoms with Crippen molar-refractivity contribution >= 4 is 27.5 Å². The number of aryl methyl sites for hydroxylation is 3. The van der Waals surface area contributed by atoms with Gasteiger partial charge in [-0.2, -0.15) is 0 Å². The van der Waals surface area contributed by atoms with Crippen molar-refractivity contribution < 1.29 is 27.5 Å². The lowest BCUT2D eigenvalue weighted by atomic mass is 9.95. The fraction of sp³-hybridized carbons (Fsp3) is 0.444. The van der Waals surface area contributed by atoms with E-state index in [-0.39, 0.29) is 29.1 Å². The number of hydrogen-bond donors (Lipinski definition) is 1. The SMILES string of the molecule is CC[C@@H](C(=O)NC1CCCCC1)N(Cc1cccc(C)c1)C(=O)CN(c1cc(C)cc(C)c1)S(=O)(=O)c1ccc(OC)c(OC)c1. The lowest BCUT2D eigenvalue weighted by Crippen LogP contribution is -2.54. The number of amides is 2. The molecule has 1 aliphatic rings. The van der Waals surface area contributed by atoms with Crippen LogP contribution in [0.4, 0.5) is 5.69 Å². The van der Waals surface area contributed by atoms with Crippen molar-refractivity contribution in [1.82, 2.24) is 10.2 Å². The van der Waals surface area contributed by atoms with Crippen LogP contribution in [0.25, 0.3) is 0 Å². The van der Waals surface area contributed by atoms with E-state index >= 15 is 0 Å². The number of nitrogens with one attached hydrogen (secondary N) is 1. The summed E-state index contributed by atoms with van der Waals surface area (Å²) in [5, 5.41) is 3.19. The first-order valence-electron chi connectivity index (χ1n) is 15.9. The Bertz CT molecular complexity index is 1610. The zero-order chi connectivity index (χ0) is 33.4. The number of rotatable bonds is 13. The van der Waals surface area contributed by atoms with E-state index in [9.17, 15) is 18.0 Å². The third-order valence-corrected chi connectivity index (χ3v) is 10.3. The molecule has 0 aromatic heterocycles. The number of nitrogens with zero attached hydrogens (tertiary/aromatic N) is 2. The number of methoxy groups -OCH3 is 2. The van der Waals surface area contributed by atoms with E-state index in [1.54, 1.807) is 12.1 Å². The number of sulfonamides is 1. The quantitative estimate of drug-likeness (QED) is 0.241. The van der Waals surface area contributed by atoms with Gasteiger partial charge in [0, 0.05) is 18.7 Å². The predicted molar refractivity (Wildman–Crippen MR) is 181 cm³/mol. The Hall–Kier alpha value is -4.05. The van der Waals surface area contributed by atoms with Crippen molar-refractivity contribution in [1.29, 1.82) is 0 Å². The standard InChI is InChI=1S/C36H47N3O6S/c1-7-32(36(41)37-29-14-9-8-10-15-29)38(23-28-13-11-12-25(2)19-28)35(40)24-39(30-20-26(3)18-27(4)21-30)46(42,43)31-16-17-33(44-5)34(22-31)45-6/h11-13,16-22,29,32H,7-10,14-15,23-24H2,1-6H3,(H,37,41)/t32-/m0/s1. The molecule has 2 amide bonds. The molecule has 9 nitrogen and oxygen atoms in total. The molecule has 0 heterocycles. The first kappa shape index (κ1) is 34.8. The number of benzene rings is 3. The van der Waals surface area contributed by atoms with Crippen molar-refractivity contribution in [2.24, 2.45) is 0 Å². The number of hydrogen-bond acceptors (Lipinski definition) is 6. The molecule has 0 bridgehead atoms. The van der Waals surface area contributed by atoms with E-state index in [4.69, 9.17) is 9.47 Å². The second-order valence-electron chi connectivity index (χ2n) is 12.2. The highest BCUT2D eigenvalue weighted by Crippen LogP contribution is 2.33. The molecule has 0 saturated heterocycles. The molecular weight excluding hydrogens is 602 g/mol. The van der Waals surface area contributed by atoms with Crippen molar-refractivity contribution in [3.8, 4) is 11.5 Å². The molecule has 10 heteroatoms. The molecule has 1 fully saturated rings. The minimum Gasteiger partial charge on any atom is -0.493 e. The van der Waals surface area contributed by atoms with Crippen molar-refractivity contribution in [3.63, 3.8) is 0 Å². The Balaban J connectivity index is 1.76. The molecule has 46 heavy (non-hydrogen) atoms. The average molecular weight is 650 g/mol. The minimum atomic E-state index is -4.28. The van der Waals surface area contributed by atoms with Gasteiger partial charge in [-0.15, -0.1) is 0 Å².